The summed E-state index contributed by atoms with van der Waals surface area (Å²) in [5.74, 6) is -0.449. The fraction of sp³-hybridized carbons (Fsp3) is 0.333. The first-order valence-corrected chi connectivity index (χ1v) is 6.78. The topological polar surface area (TPSA) is 47.4 Å². The van der Waals surface area contributed by atoms with Crippen molar-refractivity contribution < 1.29 is 13.9 Å². The van der Waals surface area contributed by atoms with Crippen molar-refractivity contribution in [1.29, 1.82) is 0 Å². The Morgan fingerprint density at radius 1 is 1.43 bits per heavy atom. The standard InChI is InChI=1S/C15H16FN3O2/c1-10-4-3-5-12(14(10)16)21-13-6-7-19(15(13)20)11-8-17-18(2)9-11/h3-5,8-9,13H,6-7H2,1-2H3. The van der Waals surface area contributed by atoms with Crippen LogP contribution in [0.3, 0.4) is 0 Å². The van der Waals surface area contributed by atoms with E-state index in [0.717, 1.165) is 5.69 Å². The molecule has 1 saturated heterocycles. The number of aryl methyl sites for hydroxylation is 2. The fourth-order valence-electron chi connectivity index (χ4n) is 2.43. The van der Waals surface area contributed by atoms with E-state index < -0.39 is 11.9 Å². The molecule has 3 rings (SSSR count). The summed E-state index contributed by atoms with van der Waals surface area (Å²) in [4.78, 5) is 14.0. The van der Waals surface area contributed by atoms with Crippen LogP contribution in [-0.4, -0.2) is 28.3 Å². The number of nitrogens with zero attached hydrogens (tertiary/aromatic N) is 3. The maximum atomic E-state index is 13.9. The van der Waals surface area contributed by atoms with Crippen molar-refractivity contribution in [3.8, 4) is 5.75 Å². The van der Waals surface area contributed by atoms with Crippen molar-refractivity contribution >= 4 is 11.6 Å². The number of amides is 1. The van der Waals surface area contributed by atoms with E-state index in [4.69, 9.17) is 4.74 Å². The van der Waals surface area contributed by atoms with Crippen LogP contribution in [0.5, 0.6) is 5.75 Å². The van der Waals surface area contributed by atoms with Crippen LogP contribution in [0, 0.1) is 12.7 Å². The fourth-order valence-corrected chi connectivity index (χ4v) is 2.43. The monoisotopic (exact) mass is 289 g/mol. The highest BCUT2D eigenvalue weighted by Crippen LogP contribution is 2.26. The van der Waals surface area contributed by atoms with E-state index >= 15 is 0 Å². The number of carbonyl (C=O) groups is 1. The predicted molar refractivity (Wildman–Crippen MR) is 75.7 cm³/mol. The molecular weight excluding hydrogens is 273 g/mol. The minimum absolute atomic E-state index is 0.126. The third-order valence-electron chi connectivity index (χ3n) is 3.58. The van der Waals surface area contributed by atoms with Crippen molar-refractivity contribution in [3.63, 3.8) is 0 Å². The third-order valence-corrected chi connectivity index (χ3v) is 3.58. The van der Waals surface area contributed by atoms with Gasteiger partial charge in [-0.05, 0) is 18.6 Å². The molecule has 0 bridgehead atoms. The average molecular weight is 289 g/mol. The first-order valence-electron chi connectivity index (χ1n) is 6.78. The summed E-state index contributed by atoms with van der Waals surface area (Å²) in [6.45, 7) is 2.21. The van der Waals surface area contributed by atoms with Crippen molar-refractivity contribution in [3.05, 3.63) is 42.0 Å². The van der Waals surface area contributed by atoms with E-state index in [1.165, 1.54) is 0 Å². The Bertz CT molecular complexity index is 683. The number of hydrogen-bond donors (Lipinski definition) is 0. The van der Waals surface area contributed by atoms with Crippen LogP contribution in [0.2, 0.25) is 0 Å². The van der Waals surface area contributed by atoms with Crippen LogP contribution in [0.25, 0.3) is 0 Å². The smallest absolute Gasteiger partial charge is 0.268 e. The summed E-state index contributed by atoms with van der Waals surface area (Å²) in [5, 5.41) is 4.05. The molecule has 1 fully saturated rings. The van der Waals surface area contributed by atoms with Gasteiger partial charge in [0.15, 0.2) is 17.7 Å². The van der Waals surface area contributed by atoms with Crippen molar-refractivity contribution in [2.45, 2.75) is 19.4 Å². The second kappa shape index (κ2) is 5.20. The maximum absolute atomic E-state index is 13.9. The van der Waals surface area contributed by atoms with Crippen molar-refractivity contribution in [2.75, 3.05) is 11.4 Å². The number of anilines is 1. The minimum Gasteiger partial charge on any atom is -0.477 e. The van der Waals surface area contributed by atoms with Crippen LogP contribution in [0.4, 0.5) is 10.1 Å². The first-order chi connectivity index (χ1) is 10.1. The zero-order valence-corrected chi connectivity index (χ0v) is 11.9. The van der Waals surface area contributed by atoms with E-state index in [2.05, 4.69) is 5.10 Å². The van der Waals surface area contributed by atoms with E-state index in [1.54, 1.807) is 54.1 Å². The molecule has 1 aliphatic heterocycles. The van der Waals surface area contributed by atoms with Gasteiger partial charge in [0.1, 0.15) is 0 Å². The van der Waals surface area contributed by atoms with Gasteiger partial charge in [0.2, 0.25) is 0 Å². The number of ether oxygens (including phenoxy) is 1. The average Bonchev–Trinajstić information content (AvgIpc) is 3.02. The molecule has 21 heavy (non-hydrogen) atoms. The van der Waals surface area contributed by atoms with Crippen LogP contribution < -0.4 is 9.64 Å². The predicted octanol–water partition coefficient (Wildman–Crippen LogP) is 2.05. The number of halogens is 1. The maximum Gasteiger partial charge on any atom is 0.268 e. The van der Waals surface area contributed by atoms with Crippen molar-refractivity contribution in [1.82, 2.24) is 9.78 Å². The number of rotatable bonds is 3. The van der Waals surface area contributed by atoms with Crippen LogP contribution in [0.15, 0.2) is 30.6 Å². The second-order valence-corrected chi connectivity index (χ2v) is 5.14. The third kappa shape index (κ3) is 2.49. The highest BCUT2D eigenvalue weighted by molar-refractivity contribution is 5.98. The molecule has 1 unspecified atom stereocenters. The lowest BCUT2D eigenvalue weighted by molar-refractivity contribution is -0.122. The molecule has 1 atom stereocenters. The Balaban J connectivity index is 1.76. The highest BCUT2D eigenvalue weighted by atomic mass is 19.1. The van der Waals surface area contributed by atoms with Gasteiger partial charge in [-0.15, -0.1) is 0 Å². The van der Waals surface area contributed by atoms with Crippen molar-refractivity contribution in [2.24, 2.45) is 7.05 Å². The van der Waals surface area contributed by atoms with Gasteiger partial charge in [-0.1, -0.05) is 12.1 Å². The molecule has 0 aliphatic carbocycles. The zero-order valence-electron chi connectivity index (χ0n) is 11.9. The van der Waals surface area contributed by atoms with E-state index in [1.807, 2.05) is 0 Å². The van der Waals surface area contributed by atoms with Gasteiger partial charge in [-0.3, -0.25) is 9.48 Å². The van der Waals surface area contributed by atoms with Gasteiger partial charge < -0.3 is 9.64 Å². The summed E-state index contributed by atoms with van der Waals surface area (Å²) in [6.07, 6.45) is 3.28. The number of hydrogen-bond acceptors (Lipinski definition) is 3. The summed E-state index contributed by atoms with van der Waals surface area (Å²) < 4.78 is 21.1. The minimum atomic E-state index is -0.651. The molecule has 0 radical (unpaired) electrons. The van der Waals surface area contributed by atoms with Crippen LogP contribution in [0.1, 0.15) is 12.0 Å². The Morgan fingerprint density at radius 3 is 2.95 bits per heavy atom. The largest absolute Gasteiger partial charge is 0.477 e. The molecule has 0 N–H and O–H groups in total. The summed E-state index contributed by atoms with van der Waals surface area (Å²) >= 11 is 0. The highest BCUT2D eigenvalue weighted by Gasteiger charge is 2.35. The van der Waals surface area contributed by atoms with Gasteiger partial charge in [-0.2, -0.15) is 5.10 Å². The molecule has 2 heterocycles. The van der Waals surface area contributed by atoms with Gasteiger partial charge in [0.25, 0.3) is 5.91 Å². The molecule has 0 spiro atoms. The normalized spacial score (nSPS) is 18.3. The van der Waals surface area contributed by atoms with Gasteiger partial charge in [-0.25, -0.2) is 4.39 Å². The summed E-state index contributed by atoms with van der Waals surface area (Å²) in [5.41, 5.74) is 1.24. The Kier molecular flexibility index (Phi) is 3.37. The van der Waals surface area contributed by atoms with Crippen LogP contribution >= 0.6 is 0 Å². The van der Waals surface area contributed by atoms with Gasteiger partial charge in [0.05, 0.1) is 11.9 Å². The zero-order chi connectivity index (χ0) is 15.0. The number of carbonyl (C=O) groups excluding carboxylic acids is 1. The molecule has 5 nitrogen and oxygen atoms in total. The molecule has 6 heteroatoms. The molecule has 1 aromatic carbocycles. The lowest BCUT2D eigenvalue weighted by atomic mass is 10.2. The number of benzene rings is 1. The molecule has 1 aromatic heterocycles. The van der Waals surface area contributed by atoms with Gasteiger partial charge >= 0.3 is 0 Å². The van der Waals surface area contributed by atoms with Crippen LogP contribution in [-0.2, 0) is 11.8 Å². The molecule has 1 amide bonds. The Morgan fingerprint density at radius 2 is 2.24 bits per heavy atom. The van der Waals surface area contributed by atoms with E-state index in [9.17, 15) is 9.18 Å². The summed E-state index contributed by atoms with van der Waals surface area (Å²) in [6, 6.07) is 4.93. The second-order valence-electron chi connectivity index (χ2n) is 5.14. The molecule has 0 saturated carbocycles. The SMILES string of the molecule is Cc1cccc(OC2CCN(c3cnn(C)c3)C2=O)c1F. The molecule has 110 valence electrons. The Labute approximate surface area is 121 Å². The Hall–Kier alpha value is -2.37. The van der Waals surface area contributed by atoms with E-state index in [0.29, 0.717) is 18.5 Å². The molecule has 1 aliphatic rings. The molecule has 2 aromatic rings. The first kappa shape index (κ1) is 13.6. The quantitative estimate of drug-likeness (QED) is 0.869. The summed E-state index contributed by atoms with van der Waals surface area (Å²) in [7, 11) is 1.79. The lowest BCUT2D eigenvalue weighted by Crippen LogP contribution is -2.32. The van der Waals surface area contributed by atoms with Gasteiger partial charge in [0, 0.05) is 26.2 Å². The van der Waals surface area contributed by atoms with E-state index in [-0.39, 0.29) is 11.7 Å². The molecular formula is C15H16FN3O2. The lowest BCUT2D eigenvalue weighted by Gasteiger charge is -2.16. The number of aromatic nitrogens is 2.